The fraction of sp³-hybridized carbons (Fsp3) is 0.429. The number of hydrogen-bond acceptors (Lipinski definition) is 5. The first kappa shape index (κ1) is 16.4. The Morgan fingerprint density at radius 2 is 1.95 bits per heavy atom. The van der Waals surface area contributed by atoms with Crippen LogP contribution in [-0.2, 0) is 16.6 Å². The van der Waals surface area contributed by atoms with Gasteiger partial charge in [0.1, 0.15) is 11.5 Å². The zero-order valence-corrected chi connectivity index (χ0v) is 13.6. The van der Waals surface area contributed by atoms with Crippen molar-refractivity contribution in [3.8, 4) is 0 Å². The Kier molecular flexibility index (Phi) is 4.82. The number of rotatable bonds is 6. The number of nitrogens with zero attached hydrogens (tertiary/aromatic N) is 3. The van der Waals surface area contributed by atoms with Gasteiger partial charge in [0, 0.05) is 31.4 Å². The van der Waals surface area contributed by atoms with Crippen molar-refractivity contribution in [3.05, 3.63) is 46.2 Å². The van der Waals surface area contributed by atoms with E-state index in [1.807, 2.05) is 0 Å². The maximum absolute atomic E-state index is 12.5. The van der Waals surface area contributed by atoms with Gasteiger partial charge in [0.25, 0.3) is 5.56 Å². The first-order valence-corrected chi connectivity index (χ1v) is 8.45. The summed E-state index contributed by atoms with van der Waals surface area (Å²) in [7, 11) is -3.60. The number of aryl methyl sites for hydroxylation is 1. The van der Waals surface area contributed by atoms with Crippen LogP contribution < -0.4 is 5.56 Å². The summed E-state index contributed by atoms with van der Waals surface area (Å²) < 4.78 is 32.6. The second-order valence-electron chi connectivity index (χ2n) is 4.85. The van der Waals surface area contributed by atoms with Gasteiger partial charge in [0.2, 0.25) is 10.0 Å². The molecule has 22 heavy (non-hydrogen) atoms. The van der Waals surface area contributed by atoms with Crippen LogP contribution in [0.2, 0.25) is 0 Å². The van der Waals surface area contributed by atoms with Crippen molar-refractivity contribution in [1.82, 2.24) is 14.0 Å². The third kappa shape index (κ3) is 3.28. The zero-order valence-electron chi connectivity index (χ0n) is 12.8. The topological polar surface area (TPSA) is 85.4 Å². The fourth-order valence-electron chi connectivity index (χ4n) is 2.17. The van der Waals surface area contributed by atoms with Gasteiger partial charge in [0.15, 0.2) is 0 Å². The minimum absolute atomic E-state index is 0.0935. The van der Waals surface area contributed by atoms with E-state index >= 15 is 0 Å². The summed E-state index contributed by atoms with van der Waals surface area (Å²) in [6.45, 7) is 6.21. The number of sulfonamides is 1. The van der Waals surface area contributed by atoms with E-state index in [0.717, 1.165) is 0 Å². The largest absolute Gasteiger partial charge is 0.361 e. The minimum Gasteiger partial charge on any atom is -0.361 e. The van der Waals surface area contributed by atoms with Gasteiger partial charge in [-0.3, -0.25) is 4.79 Å². The smallest absolute Gasteiger partial charge is 0.250 e. The van der Waals surface area contributed by atoms with Gasteiger partial charge in [-0.15, -0.1) is 0 Å². The van der Waals surface area contributed by atoms with Crippen LogP contribution in [0.4, 0.5) is 0 Å². The molecule has 0 aliphatic carbocycles. The lowest BCUT2D eigenvalue weighted by Gasteiger charge is -2.18. The third-order valence-electron chi connectivity index (χ3n) is 3.31. The minimum atomic E-state index is -3.60. The molecule has 0 saturated carbocycles. The molecule has 0 saturated heterocycles. The van der Waals surface area contributed by atoms with Gasteiger partial charge in [-0.1, -0.05) is 19.0 Å². The lowest BCUT2D eigenvalue weighted by atomic mass is 10.3. The van der Waals surface area contributed by atoms with E-state index in [9.17, 15) is 13.2 Å². The molecule has 2 aromatic heterocycles. The van der Waals surface area contributed by atoms with Crippen LogP contribution in [0.3, 0.4) is 0 Å². The molecule has 0 aliphatic heterocycles. The molecule has 0 N–H and O–H groups in total. The molecule has 8 heteroatoms. The van der Waals surface area contributed by atoms with E-state index in [-0.39, 0.29) is 17.0 Å². The highest BCUT2D eigenvalue weighted by atomic mass is 32.2. The maximum atomic E-state index is 12.5. The second-order valence-corrected chi connectivity index (χ2v) is 6.79. The monoisotopic (exact) mass is 325 g/mol. The number of aromatic nitrogens is 2. The molecule has 0 amide bonds. The van der Waals surface area contributed by atoms with Gasteiger partial charge in [0.05, 0.1) is 11.4 Å². The van der Waals surface area contributed by atoms with E-state index in [1.54, 1.807) is 26.8 Å². The molecule has 0 bridgehead atoms. The summed E-state index contributed by atoms with van der Waals surface area (Å²) in [4.78, 5) is 12.0. The highest BCUT2D eigenvalue weighted by Crippen LogP contribution is 2.14. The molecule has 0 unspecified atom stereocenters. The molecule has 0 aliphatic rings. The Morgan fingerprint density at radius 3 is 2.50 bits per heavy atom. The van der Waals surface area contributed by atoms with Crippen LogP contribution in [0.15, 0.2) is 38.6 Å². The van der Waals surface area contributed by atoms with Gasteiger partial charge < -0.3 is 9.09 Å². The average Bonchev–Trinajstić information content (AvgIpc) is 2.87. The summed E-state index contributed by atoms with van der Waals surface area (Å²) in [5, 5.41) is 3.82. The Morgan fingerprint density at radius 1 is 1.27 bits per heavy atom. The van der Waals surface area contributed by atoms with Crippen molar-refractivity contribution in [2.45, 2.75) is 32.2 Å². The molecule has 120 valence electrons. The standard InChI is InChI=1S/C14H19N3O4S/c1-4-17(5-2)22(19,20)13-6-7-14(18)16(10-13)9-12-8-11(3)21-15-12/h6-8,10H,4-5,9H2,1-3H3. The van der Waals surface area contributed by atoms with E-state index in [4.69, 9.17) is 4.52 Å². The van der Waals surface area contributed by atoms with Crippen LogP contribution in [0.1, 0.15) is 25.3 Å². The zero-order chi connectivity index (χ0) is 16.3. The highest BCUT2D eigenvalue weighted by Gasteiger charge is 2.22. The predicted octanol–water partition coefficient (Wildman–Crippen LogP) is 1.22. The molecular formula is C14H19N3O4S. The summed E-state index contributed by atoms with van der Waals surface area (Å²) in [6.07, 6.45) is 1.35. The third-order valence-corrected chi connectivity index (χ3v) is 5.34. The summed E-state index contributed by atoms with van der Waals surface area (Å²) >= 11 is 0. The van der Waals surface area contributed by atoms with Crippen LogP contribution >= 0.6 is 0 Å². The van der Waals surface area contributed by atoms with Gasteiger partial charge in [-0.25, -0.2) is 8.42 Å². The van der Waals surface area contributed by atoms with E-state index in [0.29, 0.717) is 24.5 Å². The Labute approximate surface area is 129 Å². The van der Waals surface area contributed by atoms with E-state index in [1.165, 1.54) is 27.2 Å². The Bertz CT molecular complexity index is 803. The van der Waals surface area contributed by atoms with Crippen LogP contribution in [-0.4, -0.2) is 35.5 Å². The predicted molar refractivity (Wildman–Crippen MR) is 81.2 cm³/mol. The lowest BCUT2D eigenvalue weighted by Crippen LogP contribution is -2.32. The van der Waals surface area contributed by atoms with Crippen molar-refractivity contribution in [1.29, 1.82) is 0 Å². The Balaban J connectivity index is 2.40. The first-order chi connectivity index (χ1) is 10.4. The lowest BCUT2D eigenvalue weighted by molar-refractivity contribution is 0.388. The van der Waals surface area contributed by atoms with Gasteiger partial charge in [-0.2, -0.15) is 4.31 Å². The Hall–Kier alpha value is -1.93. The fourth-order valence-corrected chi connectivity index (χ4v) is 3.64. The summed E-state index contributed by atoms with van der Waals surface area (Å²) in [5.74, 6) is 0.634. The van der Waals surface area contributed by atoms with Crippen molar-refractivity contribution in [2.24, 2.45) is 0 Å². The molecule has 0 aromatic carbocycles. The normalized spacial score (nSPS) is 12.0. The molecule has 2 aromatic rings. The van der Waals surface area contributed by atoms with Crippen molar-refractivity contribution in [2.75, 3.05) is 13.1 Å². The molecule has 2 heterocycles. The summed E-state index contributed by atoms with van der Waals surface area (Å²) in [5.41, 5.74) is 0.274. The summed E-state index contributed by atoms with van der Waals surface area (Å²) in [6, 6.07) is 4.29. The number of hydrogen-bond donors (Lipinski definition) is 0. The van der Waals surface area contributed by atoms with E-state index in [2.05, 4.69) is 5.16 Å². The van der Waals surface area contributed by atoms with Crippen molar-refractivity contribution >= 4 is 10.0 Å². The molecule has 2 rings (SSSR count). The van der Waals surface area contributed by atoms with E-state index < -0.39 is 10.0 Å². The molecule has 7 nitrogen and oxygen atoms in total. The molecule has 0 fully saturated rings. The van der Waals surface area contributed by atoms with Crippen LogP contribution in [0.5, 0.6) is 0 Å². The quantitative estimate of drug-likeness (QED) is 0.797. The molecule has 0 radical (unpaired) electrons. The average molecular weight is 325 g/mol. The van der Waals surface area contributed by atoms with Crippen molar-refractivity contribution in [3.63, 3.8) is 0 Å². The second kappa shape index (κ2) is 6.45. The molecule has 0 atom stereocenters. The van der Waals surface area contributed by atoms with Crippen LogP contribution in [0, 0.1) is 6.92 Å². The maximum Gasteiger partial charge on any atom is 0.250 e. The first-order valence-electron chi connectivity index (χ1n) is 7.01. The molecule has 0 spiro atoms. The number of pyridine rings is 1. The molecular weight excluding hydrogens is 306 g/mol. The van der Waals surface area contributed by atoms with Crippen molar-refractivity contribution < 1.29 is 12.9 Å². The van der Waals surface area contributed by atoms with Gasteiger partial charge >= 0.3 is 0 Å². The van der Waals surface area contributed by atoms with Crippen LogP contribution in [0.25, 0.3) is 0 Å². The highest BCUT2D eigenvalue weighted by molar-refractivity contribution is 7.89. The van der Waals surface area contributed by atoms with Gasteiger partial charge in [-0.05, 0) is 13.0 Å². The SMILES string of the molecule is CCN(CC)S(=O)(=O)c1ccc(=O)n(Cc2cc(C)on2)c1.